The smallest absolute Gasteiger partial charge is 0.271 e. The molecule has 7 heteroatoms. The molecule has 0 radical (unpaired) electrons. The second-order valence-electron chi connectivity index (χ2n) is 8.34. The van der Waals surface area contributed by atoms with Crippen molar-refractivity contribution in [3.05, 3.63) is 46.5 Å². The fraction of sp³-hybridized carbons (Fsp3) is 0.455. The van der Waals surface area contributed by atoms with Gasteiger partial charge >= 0.3 is 0 Å². The van der Waals surface area contributed by atoms with E-state index in [1.807, 2.05) is 35.1 Å². The number of hydrogen-bond acceptors (Lipinski definition) is 4. The van der Waals surface area contributed by atoms with Gasteiger partial charge in [-0.1, -0.05) is 25.3 Å². The number of nitrogens with one attached hydrogen (secondary N) is 1. The largest absolute Gasteiger partial charge is 0.463 e. The Labute approximate surface area is 173 Å². The zero-order valence-electron chi connectivity index (χ0n) is 16.5. The Morgan fingerprint density at radius 2 is 2.14 bits per heavy atom. The van der Waals surface area contributed by atoms with Crippen LogP contribution in [-0.2, 0) is 17.9 Å². The maximum absolute atomic E-state index is 13.5. The average molecular weight is 412 g/mol. The molecule has 3 aromatic rings. The normalized spacial score (nSPS) is 22.8. The summed E-state index contributed by atoms with van der Waals surface area (Å²) in [6.07, 6.45) is 7.19. The summed E-state index contributed by atoms with van der Waals surface area (Å²) in [6.45, 7) is 2.74. The Hall–Kier alpha value is -2.54. The minimum absolute atomic E-state index is 0.0645. The molecular formula is C22H25N3O3S. The van der Waals surface area contributed by atoms with Crippen molar-refractivity contribution in [2.24, 2.45) is 0 Å². The number of amides is 2. The van der Waals surface area contributed by atoms with Gasteiger partial charge in [-0.15, -0.1) is 11.3 Å². The maximum atomic E-state index is 13.5. The molecule has 2 amide bonds. The van der Waals surface area contributed by atoms with E-state index >= 15 is 0 Å². The van der Waals surface area contributed by atoms with Crippen LogP contribution >= 0.6 is 11.3 Å². The van der Waals surface area contributed by atoms with Gasteiger partial charge in [0.05, 0.1) is 24.9 Å². The molecule has 0 unspecified atom stereocenters. The molecule has 4 heterocycles. The lowest BCUT2D eigenvalue weighted by molar-refractivity contribution is -0.134. The summed E-state index contributed by atoms with van der Waals surface area (Å²) in [5.41, 5.74) is 1.16. The third-order valence-electron chi connectivity index (χ3n) is 6.37. The van der Waals surface area contributed by atoms with E-state index in [1.165, 1.54) is 6.42 Å². The highest BCUT2D eigenvalue weighted by Crippen LogP contribution is 2.34. The van der Waals surface area contributed by atoms with Gasteiger partial charge in [0, 0.05) is 23.1 Å². The van der Waals surface area contributed by atoms with Gasteiger partial charge in [0.2, 0.25) is 5.91 Å². The molecule has 0 spiro atoms. The lowest BCUT2D eigenvalue weighted by Gasteiger charge is -2.44. The zero-order valence-corrected chi connectivity index (χ0v) is 17.3. The van der Waals surface area contributed by atoms with Gasteiger partial charge < -0.3 is 19.2 Å². The Bertz CT molecular complexity index is 1040. The van der Waals surface area contributed by atoms with Crippen molar-refractivity contribution in [3.8, 4) is 0 Å². The molecule has 2 aliphatic rings. The van der Waals surface area contributed by atoms with E-state index in [-0.39, 0.29) is 17.9 Å². The number of carbonyl (C=O) groups is 2. The Morgan fingerprint density at radius 1 is 1.31 bits per heavy atom. The van der Waals surface area contributed by atoms with Gasteiger partial charge in [-0.25, -0.2) is 0 Å². The van der Waals surface area contributed by atoms with Crippen LogP contribution < -0.4 is 5.32 Å². The second-order valence-corrected chi connectivity index (χ2v) is 9.37. The van der Waals surface area contributed by atoms with Gasteiger partial charge in [-0.3, -0.25) is 9.59 Å². The van der Waals surface area contributed by atoms with Crippen LogP contribution in [0.25, 0.3) is 11.1 Å². The first-order valence-electron chi connectivity index (χ1n) is 10.3. The number of furan rings is 1. The van der Waals surface area contributed by atoms with Crippen molar-refractivity contribution < 1.29 is 14.0 Å². The fourth-order valence-electron chi connectivity index (χ4n) is 4.67. The molecule has 29 heavy (non-hydrogen) atoms. The summed E-state index contributed by atoms with van der Waals surface area (Å²) in [4.78, 5) is 29.9. The van der Waals surface area contributed by atoms with Crippen LogP contribution in [0.2, 0.25) is 0 Å². The van der Waals surface area contributed by atoms with Crippen LogP contribution in [-0.4, -0.2) is 32.9 Å². The van der Waals surface area contributed by atoms with Crippen molar-refractivity contribution in [1.82, 2.24) is 14.8 Å². The summed E-state index contributed by atoms with van der Waals surface area (Å²) >= 11 is 1.60. The zero-order chi connectivity index (χ0) is 20.0. The number of aromatic nitrogens is 1. The molecule has 0 bridgehead atoms. The number of thiophene rings is 1. The van der Waals surface area contributed by atoms with Crippen LogP contribution in [0.1, 0.15) is 54.4 Å². The maximum Gasteiger partial charge on any atom is 0.271 e. The van der Waals surface area contributed by atoms with Crippen LogP contribution in [0, 0.1) is 0 Å². The van der Waals surface area contributed by atoms with E-state index in [0.29, 0.717) is 24.4 Å². The minimum atomic E-state index is -0.964. The third-order valence-corrected chi connectivity index (χ3v) is 7.23. The lowest BCUT2D eigenvalue weighted by atomic mass is 9.91. The first-order chi connectivity index (χ1) is 14.1. The van der Waals surface area contributed by atoms with Crippen molar-refractivity contribution in [3.63, 3.8) is 0 Å². The average Bonchev–Trinajstić information content (AvgIpc) is 3.45. The minimum Gasteiger partial charge on any atom is -0.463 e. The van der Waals surface area contributed by atoms with E-state index in [1.54, 1.807) is 28.6 Å². The molecule has 5 rings (SSSR count). The van der Waals surface area contributed by atoms with E-state index in [2.05, 4.69) is 5.32 Å². The summed E-state index contributed by atoms with van der Waals surface area (Å²) in [5.74, 6) is -0.192. The fourth-order valence-corrected chi connectivity index (χ4v) is 5.36. The summed E-state index contributed by atoms with van der Waals surface area (Å²) in [6, 6.07) is 7.84. The van der Waals surface area contributed by atoms with E-state index < -0.39 is 5.54 Å². The first kappa shape index (κ1) is 18.5. The molecule has 1 aliphatic carbocycles. The molecule has 0 aromatic carbocycles. The van der Waals surface area contributed by atoms with Crippen molar-refractivity contribution in [2.75, 3.05) is 0 Å². The van der Waals surface area contributed by atoms with Gasteiger partial charge in [0.1, 0.15) is 11.2 Å². The van der Waals surface area contributed by atoms with E-state index in [4.69, 9.17) is 4.42 Å². The number of fused-ring (bicyclic) bond motifs is 3. The molecule has 1 N–H and O–H groups in total. The Kier molecular flexibility index (Phi) is 4.50. The summed E-state index contributed by atoms with van der Waals surface area (Å²) in [5, 5.41) is 5.26. The molecule has 1 fully saturated rings. The first-order valence-corrected chi connectivity index (χ1v) is 11.2. The summed E-state index contributed by atoms with van der Waals surface area (Å²) in [7, 11) is 0. The monoisotopic (exact) mass is 411 g/mol. The van der Waals surface area contributed by atoms with Crippen molar-refractivity contribution >= 4 is 34.3 Å². The molecule has 1 aliphatic heterocycles. The molecule has 6 nitrogen and oxygen atoms in total. The van der Waals surface area contributed by atoms with E-state index in [9.17, 15) is 9.59 Å². The van der Waals surface area contributed by atoms with Crippen LogP contribution in [0.15, 0.2) is 40.3 Å². The van der Waals surface area contributed by atoms with E-state index in [0.717, 1.165) is 36.1 Å². The highest BCUT2D eigenvalue weighted by atomic mass is 32.1. The molecular weight excluding hydrogens is 386 g/mol. The molecule has 0 saturated heterocycles. The Balaban J connectivity index is 1.53. The number of nitrogens with zero attached hydrogens (tertiary/aromatic N) is 2. The van der Waals surface area contributed by atoms with Crippen LogP contribution in [0.4, 0.5) is 0 Å². The highest BCUT2D eigenvalue weighted by Gasteiger charge is 2.48. The molecule has 152 valence electrons. The quantitative estimate of drug-likeness (QED) is 0.701. The second kappa shape index (κ2) is 7.06. The van der Waals surface area contributed by atoms with Crippen molar-refractivity contribution in [1.29, 1.82) is 0 Å². The predicted molar refractivity (Wildman–Crippen MR) is 112 cm³/mol. The summed E-state index contributed by atoms with van der Waals surface area (Å²) < 4.78 is 7.46. The third kappa shape index (κ3) is 3.08. The van der Waals surface area contributed by atoms with Gasteiger partial charge in [-0.05, 0) is 31.2 Å². The number of carbonyl (C=O) groups excluding carboxylic acids is 2. The van der Waals surface area contributed by atoms with Gasteiger partial charge in [0.25, 0.3) is 5.91 Å². The van der Waals surface area contributed by atoms with Crippen molar-refractivity contribution in [2.45, 2.75) is 63.7 Å². The Morgan fingerprint density at radius 3 is 2.90 bits per heavy atom. The van der Waals surface area contributed by atoms with Gasteiger partial charge in [0.15, 0.2) is 5.58 Å². The van der Waals surface area contributed by atoms with Crippen LogP contribution in [0.3, 0.4) is 0 Å². The standard InChI is InChI=1S/C22H25N3O3S/c1-22(21(27)23-15-6-3-2-4-7-15)14-24-17-9-10-28-19(17)12-18(24)20(26)25(22)13-16-8-5-11-29-16/h5,8-12,15H,2-4,6-7,13-14H2,1H3,(H,23,27)/t22-/m1/s1. The van der Waals surface area contributed by atoms with Gasteiger partial charge in [-0.2, -0.15) is 0 Å². The topological polar surface area (TPSA) is 67.5 Å². The highest BCUT2D eigenvalue weighted by molar-refractivity contribution is 7.09. The number of hydrogen-bond donors (Lipinski definition) is 1. The molecule has 1 saturated carbocycles. The molecule has 3 aromatic heterocycles. The number of rotatable bonds is 4. The van der Waals surface area contributed by atoms with Crippen LogP contribution in [0.5, 0.6) is 0 Å². The SMILES string of the molecule is C[C@]1(C(=O)NC2CCCCC2)Cn2c(cc3occc32)C(=O)N1Cc1cccs1. The lowest BCUT2D eigenvalue weighted by Crippen LogP contribution is -2.64. The predicted octanol–water partition coefficient (Wildman–Crippen LogP) is 4.16. The molecule has 1 atom stereocenters.